The van der Waals surface area contributed by atoms with Crippen LogP contribution in [0.1, 0.15) is 58.6 Å². The third-order valence-electron chi connectivity index (χ3n) is 5.07. The van der Waals surface area contributed by atoms with Crippen molar-refractivity contribution in [1.82, 2.24) is 14.6 Å². The zero-order chi connectivity index (χ0) is 16.4. The lowest BCUT2D eigenvalue weighted by Gasteiger charge is -2.37. The Kier molecular flexibility index (Phi) is 4.71. The van der Waals surface area contributed by atoms with E-state index in [1.54, 1.807) is 6.07 Å². The van der Waals surface area contributed by atoms with Crippen molar-refractivity contribution in [2.24, 2.45) is 11.3 Å². The number of anilines is 1. The highest BCUT2D eigenvalue weighted by Crippen LogP contribution is 2.38. The largest absolute Gasteiger partial charge is 0.360 e. The Morgan fingerprint density at radius 2 is 2.09 bits per heavy atom. The highest BCUT2D eigenvalue weighted by molar-refractivity contribution is 7.20. The normalized spacial score (nSPS) is 16.8. The van der Waals surface area contributed by atoms with Crippen molar-refractivity contribution in [2.75, 3.05) is 11.9 Å². The molecule has 0 unspecified atom stereocenters. The van der Waals surface area contributed by atoms with Crippen LogP contribution < -0.4 is 10.9 Å². The van der Waals surface area contributed by atoms with Crippen molar-refractivity contribution < 1.29 is 0 Å². The molecule has 6 heteroatoms. The van der Waals surface area contributed by atoms with Gasteiger partial charge in [0, 0.05) is 18.3 Å². The Bertz CT molecular complexity index is 728. The molecule has 0 amide bonds. The van der Waals surface area contributed by atoms with E-state index < -0.39 is 0 Å². The minimum Gasteiger partial charge on any atom is -0.360 e. The van der Waals surface area contributed by atoms with Crippen LogP contribution in [0.25, 0.3) is 4.96 Å². The van der Waals surface area contributed by atoms with E-state index in [1.165, 1.54) is 48.0 Å². The maximum absolute atomic E-state index is 12.1. The lowest BCUT2D eigenvalue weighted by atomic mass is 9.71. The van der Waals surface area contributed by atoms with Crippen molar-refractivity contribution in [1.29, 1.82) is 0 Å². The third-order valence-corrected chi connectivity index (χ3v) is 5.93. The molecule has 0 saturated heterocycles. The number of nitrogens with zero attached hydrogens (tertiary/aromatic N) is 3. The second-order valence-electron chi connectivity index (χ2n) is 7.22. The van der Waals surface area contributed by atoms with Crippen LogP contribution in [-0.4, -0.2) is 21.1 Å². The summed E-state index contributed by atoms with van der Waals surface area (Å²) in [6, 6.07) is 1.57. The number of rotatable bonds is 5. The maximum atomic E-state index is 12.1. The number of nitrogens with one attached hydrogen (secondary N) is 1. The molecule has 1 N–H and O–H groups in total. The smallest absolute Gasteiger partial charge is 0.275 e. The van der Waals surface area contributed by atoms with Gasteiger partial charge in [-0.25, -0.2) is 4.98 Å². The van der Waals surface area contributed by atoms with Gasteiger partial charge in [-0.1, -0.05) is 51.4 Å². The maximum Gasteiger partial charge on any atom is 0.275 e. The minimum absolute atomic E-state index is 0.0947. The third kappa shape index (κ3) is 3.57. The fraction of sp³-hybridized carbons (Fsp3) is 0.706. The highest BCUT2D eigenvalue weighted by atomic mass is 32.1. The zero-order valence-corrected chi connectivity index (χ0v) is 15.1. The molecule has 3 rings (SSSR count). The van der Waals surface area contributed by atoms with E-state index in [0.29, 0.717) is 4.96 Å². The monoisotopic (exact) mass is 334 g/mol. The van der Waals surface area contributed by atoms with Crippen LogP contribution in [0.5, 0.6) is 0 Å². The summed E-state index contributed by atoms with van der Waals surface area (Å²) in [5.74, 6) is 0.769. The van der Waals surface area contributed by atoms with Gasteiger partial charge in [-0.15, -0.1) is 5.10 Å². The topological polar surface area (TPSA) is 59.3 Å². The van der Waals surface area contributed by atoms with E-state index in [1.807, 2.05) is 6.92 Å². The number of fused-ring (bicyclic) bond motifs is 1. The Hall–Kier alpha value is -1.43. The van der Waals surface area contributed by atoms with Gasteiger partial charge < -0.3 is 5.32 Å². The fourth-order valence-electron chi connectivity index (χ4n) is 3.44. The molecular formula is C17H26N4OS. The lowest BCUT2D eigenvalue weighted by Crippen LogP contribution is -2.33. The van der Waals surface area contributed by atoms with Gasteiger partial charge in [-0.05, 0) is 30.6 Å². The lowest BCUT2D eigenvalue weighted by molar-refractivity contribution is 0.172. The van der Waals surface area contributed by atoms with E-state index in [0.717, 1.165) is 29.7 Å². The molecular weight excluding hydrogens is 308 g/mol. The molecule has 126 valence electrons. The van der Waals surface area contributed by atoms with Crippen molar-refractivity contribution in [2.45, 2.75) is 59.3 Å². The first-order valence-electron chi connectivity index (χ1n) is 8.63. The van der Waals surface area contributed by atoms with Crippen molar-refractivity contribution in [3.63, 3.8) is 0 Å². The summed E-state index contributed by atoms with van der Waals surface area (Å²) in [4.78, 5) is 17.2. The molecule has 23 heavy (non-hydrogen) atoms. The molecule has 1 aliphatic rings. The van der Waals surface area contributed by atoms with Gasteiger partial charge in [0.2, 0.25) is 10.1 Å². The minimum atomic E-state index is -0.0947. The Morgan fingerprint density at radius 3 is 2.78 bits per heavy atom. The molecule has 1 aliphatic carbocycles. The van der Waals surface area contributed by atoms with Crippen LogP contribution in [0.15, 0.2) is 10.9 Å². The second-order valence-corrected chi connectivity index (χ2v) is 8.17. The van der Waals surface area contributed by atoms with Gasteiger partial charge in [-0.2, -0.15) is 4.52 Å². The molecule has 1 fully saturated rings. The van der Waals surface area contributed by atoms with Crippen LogP contribution in [-0.2, 0) is 6.42 Å². The molecule has 5 nitrogen and oxygen atoms in total. The Labute approximate surface area is 141 Å². The molecule has 2 heterocycles. The van der Waals surface area contributed by atoms with E-state index >= 15 is 0 Å². The van der Waals surface area contributed by atoms with Crippen LogP contribution in [0.3, 0.4) is 0 Å². The summed E-state index contributed by atoms with van der Waals surface area (Å²) in [5.41, 5.74) is 0.973. The van der Waals surface area contributed by atoms with Gasteiger partial charge in [0.25, 0.3) is 5.56 Å². The molecule has 0 bridgehead atoms. The fourth-order valence-corrected chi connectivity index (χ4v) is 4.26. The van der Waals surface area contributed by atoms with E-state index in [4.69, 9.17) is 0 Å². The van der Waals surface area contributed by atoms with Crippen LogP contribution >= 0.6 is 11.3 Å². The predicted octanol–water partition coefficient (Wildman–Crippen LogP) is 3.73. The van der Waals surface area contributed by atoms with E-state index in [2.05, 4.69) is 29.2 Å². The molecule has 0 spiro atoms. The summed E-state index contributed by atoms with van der Waals surface area (Å²) < 4.78 is 1.40. The van der Waals surface area contributed by atoms with Crippen LogP contribution in [0.4, 0.5) is 5.13 Å². The summed E-state index contributed by atoms with van der Waals surface area (Å²) in [6.07, 6.45) is 7.51. The number of aromatic nitrogens is 3. The number of hydrogen-bond acceptors (Lipinski definition) is 5. The first kappa shape index (κ1) is 16.4. The Morgan fingerprint density at radius 1 is 1.35 bits per heavy atom. The molecule has 1 saturated carbocycles. The Balaban J connectivity index is 1.74. The summed E-state index contributed by atoms with van der Waals surface area (Å²) >= 11 is 1.46. The van der Waals surface area contributed by atoms with Crippen molar-refractivity contribution >= 4 is 21.4 Å². The SMILES string of the molecule is CCc1cc(=O)n2nc(NCC(C)(C)C3CCCCC3)sc2n1. The molecule has 2 aromatic heterocycles. The van der Waals surface area contributed by atoms with Gasteiger partial charge in [0.15, 0.2) is 0 Å². The molecule has 2 aromatic rings. The predicted molar refractivity (Wildman–Crippen MR) is 95.4 cm³/mol. The zero-order valence-electron chi connectivity index (χ0n) is 14.3. The number of aryl methyl sites for hydroxylation is 1. The van der Waals surface area contributed by atoms with Crippen molar-refractivity contribution in [3.05, 3.63) is 22.1 Å². The summed E-state index contributed by atoms with van der Waals surface area (Å²) in [5, 5.41) is 8.61. The molecule has 0 atom stereocenters. The van der Waals surface area contributed by atoms with Gasteiger partial charge in [-0.3, -0.25) is 4.79 Å². The van der Waals surface area contributed by atoms with Crippen molar-refractivity contribution in [3.8, 4) is 0 Å². The molecule has 0 aliphatic heterocycles. The number of hydrogen-bond donors (Lipinski definition) is 1. The standard InChI is InChI=1S/C17H26N4OS/c1-4-13-10-14(22)21-16(19-13)23-15(20-21)18-11-17(2,3)12-8-6-5-7-9-12/h10,12H,4-9,11H2,1-3H3,(H,18,20). The average molecular weight is 334 g/mol. The first-order valence-corrected chi connectivity index (χ1v) is 9.45. The first-order chi connectivity index (χ1) is 11.0. The quantitative estimate of drug-likeness (QED) is 0.905. The molecule has 0 radical (unpaired) electrons. The highest BCUT2D eigenvalue weighted by Gasteiger charge is 2.30. The van der Waals surface area contributed by atoms with Gasteiger partial charge in [0.05, 0.1) is 0 Å². The summed E-state index contributed by atoms with van der Waals surface area (Å²) in [7, 11) is 0. The summed E-state index contributed by atoms with van der Waals surface area (Å²) in [6.45, 7) is 7.56. The van der Waals surface area contributed by atoms with E-state index in [-0.39, 0.29) is 11.0 Å². The van der Waals surface area contributed by atoms with Crippen LogP contribution in [0, 0.1) is 11.3 Å². The van der Waals surface area contributed by atoms with Gasteiger partial charge in [0.1, 0.15) is 0 Å². The second kappa shape index (κ2) is 6.59. The van der Waals surface area contributed by atoms with E-state index in [9.17, 15) is 4.79 Å². The molecule has 0 aromatic carbocycles. The van der Waals surface area contributed by atoms with Gasteiger partial charge >= 0.3 is 0 Å². The van der Waals surface area contributed by atoms with Crippen LogP contribution in [0.2, 0.25) is 0 Å². The average Bonchev–Trinajstić information content (AvgIpc) is 2.97.